The molecule has 0 spiro atoms. The summed E-state index contributed by atoms with van der Waals surface area (Å²) in [6, 6.07) is 7.25. The molecular formula is C16H25N3O. The average Bonchev–Trinajstić information content (AvgIpc) is 2.53. The fraction of sp³-hybridized carbons (Fsp3) is 0.625. The lowest BCUT2D eigenvalue weighted by molar-refractivity contribution is 0.167. The molecule has 1 fully saturated rings. The molecule has 20 heavy (non-hydrogen) atoms. The molecule has 2 aliphatic rings. The topological polar surface area (TPSA) is 36.5 Å². The normalized spacial score (nSPS) is 20.6. The van der Waals surface area contributed by atoms with Crippen molar-refractivity contribution in [2.75, 3.05) is 44.6 Å². The molecule has 4 nitrogen and oxygen atoms in total. The Morgan fingerprint density at radius 2 is 2.10 bits per heavy atom. The van der Waals surface area contributed by atoms with Crippen molar-refractivity contribution >= 4 is 5.69 Å². The van der Waals surface area contributed by atoms with Crippen molar-refractivity contribution in [3.63, 3.8) is 0 Å². The number of hydrogen-bond donors (Lipinski definition) is 2. The van der Waals surface area contributed by atoms with Gasteiger partial charge in [-0.2, -0.15) is 0 Å². The van der Waals surface area contributed by atoms with E-state index in [0.717, 1.165) is 44.1 Å². The van der Waals surface area contributed by atoms with Gasteiger partial charge in [0.2, 0.25) is 0 Å². The highest BCUT2D eigenvalue weighted by Gasteiger charge is 2.20. The van der Waals surface area contributed by atoms with Crippen LogP contribution in [0.15, 0.2) is 18.2 Å². The van der Waals surface area contributed by atoms with Crippen LogP contribution in [0.4, 0.5) is 5.69 Å². The van der Waals surface area contributed by atoms with E-state index in [0.29, 0.717) is 6.04 Å². The van der Waals surface area contributed by atoms with Crippen molar-refractivity contribution in [2.24, 2.45) is 0 Å². The second-order valence-electron chi connectivity index (χ2n) is 5.66. The van der Waals surface area contributed by atoms with E-state index in [1.807, 2.05) is 0 Å². The minimum atomic E-state index is 0.652. The monoisotopic (exact) mass is 275 g/mol. The number of nitrogens with zero attached hydrogens (tertiary/aromatic N) is 1. The highest BCUT2D eigenvalue weighted by Crippen LogP contribution is 2.29. The van der Waals surface area contributed by atoms with Gasteiger partial charge in [0.05, 0.1) is 5.69 Å². The molecule has 1 atom stereocenters. The van der Waals surface area contributed by atoms with Crippen LogP contribution in [0.2, 0.25) is 0 Å². The molecule has 2 heterocycles. The molecular weight excluding hydrogens is 250 g/mol. The van der Waals surface area contributed by atoms with Crippen molar-refractivity contribution in [1.82, 2.24) is 10.2 Å². The molecule has 0 aliphatic carbocycles. The Labute approximate surface area is 121 Å². The molecule has 2 N–H and O–H groups in total. The van der Waals surface area contributed by atoms with Crippen LogP contribution in [0.5, 0.6) is 5.75 Å². The maximum Gasteiger partial charge on any atom is 0.142 e. The van der Waals surface area contributed by atoms with E-state index in [2.05, 4.69) is 40.7 Å². The zero-order valence-corrected chi connectivity index (χ0v) is 12.3. The fourth-order valence-electron chi connectivity index (χ4n) is 3.17. The van der Waals surface area contributed by atoms with Gasteiger partial charge in [-0.25, -0.2) is 0 Å². The van der Waals surface area contributed by atoms with Crippen LogP contribution in [0.25, 0.3) is 0 Å². The first-order chi connectivity index (χ1) is 9.86. The van der Waals surface area contributed by atoms with Gasteiger partial charge in [0.1, 0.15) is 12.4 Å². The van der Waals surface area contributed by atoms with Gasteiger partial charge in [-0.1, -0.05) is 13.0 Å². The van der Waals surface area contributed by atoms with Gasteiger partial charge >= 0.3 is 0 Å². The average molecular weight is 275 g/mol. The smallest absolute Gasteiger partial charge is 0.142 e. The minimum absolute atomic E-state index is 0.652. The van der Waals surface area contributed by atoms with Crippen molar-refractivity contribution in [3.05, 3.63) is 23.8 Å². The van der Waals surface area contributed by atoms with Gasteiger partial charge in [0.15, 0.2) is 0 Å². The molecule has 0 aromatic heterocycles. The van der Waals surface area contributed by atoms with Crippen molar-refractivity contribution in [1.29, 1.82) is 0 Å². The molecule has 1 aromatic carbocycles. The van der Waals surface area contributed by atoms with E-state index < -0.39 is 0 Å². The number of fused-ring (bicyclic) bond motifs is 1. The maximum atomic E-state index is 5.64. The summed E-state index contributed by atoms with van der Waals surface area (Å²) in [5.74, 6) is 0.996. The lowest BCUT2D eigenvalue weighted by Crippen LogP contribution is -2.48. The predicted molar refractivity (Wildman–Crippen MR) is 82.7 cm³/mol. The van der Waals surface area contributed by atoms with Gasteiger partial charge in [-0.05, 0) is 30.5 Å². The van der Waals surface area contributed by atoms with Gasteiger partial charge in [-0.15, -0.1) is 0 Å². The Morgan fingerprint density at radius 3 is 2.90 bits per heavy atom. The van der Waals surface area contributed by atoms with Crippen molar-refractivity contribution < 1.29 is 4.74 Å². The van der Waals surface area contributed by atoms with Crippen LogP contribution >= 0.6 is 0 Å². The van der Waals surface area contributed by atoms with Crippen LogP contribution in [-0.4, -0.2) is 50.3 Å². The molecule has 3 rings (SSSR count). The van der Waals surface area contributed by atoms with Crippen LogP contribution in [-0.2, 0) is 6.42 Å². The van der Waals surface area contributed by atoms with E-state index >= 15 is 0 Å². The third-order valence-electron chi connectivity index (χ3n) is 4.33. The summed E-state index contributed by atoms with van der Waals surface area (Å²) in [5, 5.41) is 6.86. The summed E-state index contributed by atoms with van der Waals surface area (Å²) in [6.45, 7) is 8.56. The van der Waals surface area contributed by atoms with Crippen LogP contribution in [0, 0.1) is 0 Å². The summed E-state index contributed by atoms with van der Waals surface area (Å²) in [4.78, 5) is 2.62. The molecule has 0 bridgehead atoms. The quantitative estimate of drug-likeness (QED) is 0.877. The number of anilines is 1. The third-order valence-corrected chi connectivity index (χ3v) is 4.33. The Bertz CT molecular complexity index is 443. The van der Waals surface area contributed by atoms with Gasteiger partial charge in [-0.3, -0.25) is 4.90 Å². The van der Waals surface area contributed by atoms with Crippen molar-refractivity contribution in [2.45, 2.75) is 25.8 Å². The first-order valence-corrected chi connectivity index (χ1v) is 7.81. The number of benzene rings is 1. The number of nitrogens with one attached hydrogen (secondary N) is 2. The van der Waals surface area contributed by atoms with Crippen LogP contribution < -0.4 is 15.4 Å². The maximum absolute atomic E-state index is 5.64. The lowest BCUT2D eigenvalue weighted by Gasteiger charge is -2.34. The highest BCUT2D eigenvalue weighted by atomic mass is 16.5. The SMILES string of the molecule is CCC(Cc1ccc2c(c1)NCCO2)N1CCNCC1. The van der Waals surface area contributed by atoms with E-state index in [1.54, 1.807) is 0 Å². The van der Waals surface area contributed by atoms with Gasteiger partial charge < -0.3 is 15.4 Å². The number of piperazine rings is 1. The molecule has 2 aliphatic heterocycles. The summed E-state index contributed by atoms with van der Waals surface area (Å²) >= 11 is 0. The zero-order chi connectivity index (χ0) is 13.8. The molecule has 4 heteroatoms. The standard InChI is InChI=1S/C16H25N3O/c1-2-14(19-8-5-17-6-9-19)11-13-3-4-16-15(12-13)18-7-10-20-16/h3-4,12,14,17-18H,2,5-11H2,1H3. The fourth-order valence-corrected chi connectivity index (χ4v) is 3.17. The lowest BCUT2D eigenvalue weighted by atomic mass is 10.0. The van der Waals surface area contributed by atoms with Crippen LogP contribution in [0.1, 0.15) is 18.9 Å². The van der Waals surface area contributed by atoms with E-state index in [1.165, 1.54) is 25.1 Å². The number of ether oxygens (including phenoxy) is 1. The summed E-state index contributed by atoms with van der Waals surface area (Å²) < 4.78 is 5.64. The number of hydrogen-bond acceptors (Lipinski definition) is 4. The van der Waals surface area contributed by atoms with E-state index in [9.17, 15) is 0 Å². The molecule has 1 unspecified atom stereocenters. The first-order valence-electron chi connectivity index (χ1n) is 7.81. The molecule has 110 valence electrons. The van der Waals surface area contributed by atoms with E-state index in [4.69, 9.17) is 4.74 Å². The van der Waals surface area contributed by atoms with Crippen molar-refractivity contribution in [3.8, 4) is 5.75 Å². The summed E-state index contributed by atoms with van der Waals surface area (Å²) in [5.41, 5.74) is 2.57. The highest BCUT2D eigenvalue weighted by molar-refractivity contribution is 5.59. The van der Waals surface area contributed by atoms with Gasteiger partial charge in [0.25, 0.3) is 0 Å². The Kier molecular flexibility index (Phi) is 4.43. The molecule has 0 saturated carbocycles. The molecule has 0 amide bonds. The third kappa shape index (κ3) is 3.07. The second-order valence-corrected chi connectivity index (χ2v) is 5.66. The zero-order valence-electron chi connectivity index (χ0n) is 12.3. The summed E-state index contributed by atoms with van der Waals surface area (Å²) in [7, 11) is 0. The molecule has 0 radical (unpaired) electrons. The molecule has 1 aromatic rings. The second kappa shape index (κ2) is 6.46. The van der Waals surface area contributed by atoms with E-state index in [-0.39, 0.29) is 0 Å². The Hall–Kier alpha value is -1.26. The Morgan fingerprint density at radius 1 is 1.25 bits per heavy atom. The summed E-state index contributed by atoms with van der Waals surface area (Å²) in [6.07, 6.45) is 2.34. The number of rotatable bonds is 4. The molecule has 1 saturated heterocycles. The first kappa shape index (κ1) is 13.7. The largest absolute Gasteiger partial charge is 0.490 e. The Balaban J connectivity index is 1.68. The van der Waals surface area contributed by atoms with Gasteiger partial charge in [0, 0.05) is 38.8 Å². The predicted octanol–water partition coefficient (Wildman–Crippen LogP) is 1.72. The minimum Gasteiger partial charge on any atom is -0.490 e. The van der Waals surface area contributed by atoms with Crippen LogP contribution in [0.3, 0.4) is 0 Å².